The molecule has 2 aromatic carbocycles. The number of hydrogen-bond donors (Lipinski definition) is 2. The molecule has 2 N–H and O–H groups in total. The van der Waals surface area contributed by atoms with Gasteiger partial charge in [0.1, 0.15) is 5.69 Å². The lowest BCUT2D eigenvalue weighted by Gasteiger charge is -2.08. The van der Waals surface area contributed by atoms with E-state index in [9.17, 15) is 4.91 Å². The summed E-state index contributed by atoms with van der Waals surface area (Å²) >= 11 is 0. The fourth-order valence-electron chi connectivity index (χ4n) is 1.71. The second-order valence-electron chi connectivity index (χ2n) is 3.34. The van der Waals surface area contributed by atoms with E-state index in [1.165, 1.54) is 0 Å². The topological polar surface area (TPSA) is 61.7 Å². The molecule has 0 heterocycles. The quantitative estimate of drug-likeness (QED) is 0.579. The number of aryl methyl sites for hydroxylation is 1. The first kappa shape index (κ1) is 9.61. The maximum atomic E-state index is 10.7. The van der Waals surface area contributed by atoms with Gasteiger partial charge in [0, 0.05) is 10.8 Å². The predicted octanol–water partition coefficient (Wildman–Crippen LogP) is 3.35. The minimum Gasteiger partial charge on any atom is -0.291 e. The Bertz CT molecular complexity index is 523. The van der Waals surface area contributed by atoms with Crippen molar-refractivity contribution in [2.45, 2.75) is 6.92 Å². The highest BCUT2D eigenvalue weighted by molar-refractivity contribution is 6.01. The van der Waals surface area contributed by atoms with Crippen molar-refractivity contribution in [2.24, 2.45) is 5.18 Å². The molecule has 0 aromatic heterocycles. The van der Waals surface area contributed by atoms with Gasteiger partial charge in [0.15, 0.2) is 0 Å². The van der Waals surface area contributed by atoms with Crippen LogP contribution >= 0.6 is 0 Å². The number of hydrogen-bond acceptors (Lipinski definition) is 4. The van der Waals surface area contributed by atoms with Crippen molar-refractivity contribution in [3.05, 3.63) is 40.8 Å². The molecule has 0 aliphatic rings. The maximum Gasteiger partial charge on any atom is 0.118 e. The molecule has 0 saturated heterocycles. The average molecular weight is 202 g/mol. The van der Waals surface area contributed by atoms with Gasteiger partial charge in [-0.1, -0.05) is 24.3 Å². The lowest BCUT2D eigenvalue weighted by atomic mass is 10.0. The summed E-state index contributed by atoms with van der Waals surface area (Å²) in [7, 11) is 0. The summed E-state index contributed by atoms with van der Waals surface area (Å²) < 4.78 is 0. The van der Waals surface area contributed by atoms with Crippen molar-refractivity contribution in [3.8, 4) is 0 Å². The third-order valence-corrected chi connectivity index (χ3v) is 2.42. The zero-order valence-corrected chi connectivity index (χ0v) is 8.19. The van der Waals surface area contributed by atoms with Crippen molar-refractivity contribution >= 4 is 22.1 Å². The smallest absolute Gasteiger partial charge is 0.118 e. The van der Waals surface area contributed by atoms with Gasteiger partial charge in [-0.2, -0.15) is 0 Å². The summed E-state index contributed by atoms with van der Waals surface area (Å²) in [6.45, 7) is 1.78. The Morgan fingerprint density at radius 1 is 1.27 bits per heavy atom. The Hall–Kier alpha value is -1.94. The van der Waals surface area contributed by atoms with Crippen LogP contribution in [-0.4, -0.2) is 5.21 Å². The number of anilines is 1. The van der Waals surface area contributed by atoms with E-state index in [2.05, 4.69) is 10.7 Å². The molecule has 0 spiro atoms. The van der Waals surface area contributed by atoms with Crippen LogP contribution < -0.4 is 5.48 Å². The third kappa shape index (κ3) is 1.45. The number of nitroso groups, excluding NO2 is 1. The predicted molar refractivity (Wildman–Crippen MR) is 59.5 cm³/mol. The molecule has 0 atom stereocenters. The van der Waals surface area contributed by atoms with E-state index in [1.54, 1.807) is 19.1 Å². The first-order valence-electron chi connectivity index (χ1n) is 4.53. The lowest BCUT2D eigenvalue weighted by Crippen LogP contribution is -1.92. The van der Waals surface area contributed by atoms with Crippen LogP contribution in [0.3, 0.4) is 0 Å². The summed E-state index contributed by atoms with van der Waals surface area (Å²) in [4.78, 5) is 10.7. The fraction of sp³-hybridized carbons (Fsp3) is 0.0909. The van der Waals surface area contributed by atoms with Gasteiger partial charge in [-0.25, -0.2) is 0 Å². The first-order valence-corrected chi connectivity index (χ1v) is 4.53. The average Bonchev–Trinajstić information content (AvgIpc) is 2.28. The first-order chi connectivity index (χ1) is 7.27. The molecule has 15 heavy (non-hydrogen) atoms. The van der Waals surface area contributed by atoms with Gasteiger partial charge in [0.25, 0.3) is 0 Å². The highest BCUT2D eigenvalue weighted by atomic mass is 16.5. The van der Waals surface area contributed by atoms with Crippen LogP contribution in [0.5, 0.6) is 0 Å². The molecule has 0 unspecified atom stereocenters. The van der Waals surface area contributed by atoms with E-state index >= 15 is 0 Å². The Morgan fingerprint density at radius 2 is 1.93 bits per heavy atom. The van der Waals surface area contributed by atoms with Gasteiger partial charge < -0.3 is 0 Å². The summed E-state index contributed by atoms with van der Waals surface area (Å²) in [6.07, 6.45) is 0. The van der Waals surface area contributed by atoms with Crippen LogP contribution in [0, 0.1) is 11.8 Å². The minimum atomic E-state index is 0.421. The zero-order valence-electron chi connectivity index (χ0n) is 8.19. The number of rotatable bonds is 2. The number of fused-ring (bicyclic) bond motifs is 1. The summed E-state index contributed by atoms with van der Waals surface area (Å²) in [5.41, 5.74) is 3.85. The van der Waals surface area contributed by atoms with Crippen molar-refractivity contribution in [3.63, 3.8) is 0 Å². The molecule has 0 saturated carbocycles. The molecule has 2 aromatic rings. The molecule has 76 valence electrons. The van der Waals surface area contributed by atoms with Crippen molar-refractivity contribution in [1.82, 2.24) is 0 Å². The van der Waals surface area contributed by atoms with Crippen molar-refractivity contribution in [1.29, 1.82) is 0 Å². The molecular formula is C11H10N2O2. The Morgan fingerprint density at radius 3 is 2.53 bits per heavy atom. The molecule has 2 rings (SSSR count). The van der Waals surface area contributed by atoms with Crippen LogP contribution in [0.2, 0.25) is 0 Å². The van der Waals surface area contributed by atoms with Crippen LogP contribution in [0.1, 0.15) is 5.56 Å². The zero-order chi connectivity index (χ0) is 10.8. The van der Waals surface area contributed by atoms with Crippen LogP contribution in [-0.2, 0) is 0 Å². The normalized spacial score (nSPS) is 10.3. The largest absolute Gasteiger partial charge is 0.291 e. The molecule has 0 aliphatic heterocycles. The number of nitrogens with one attached hydrogen (secondary N) is 1. The highest BCUT2D eigenvalue weighted by Gasteiger charge is 2.08. The standard InChI is InChI=1S/C11H10N2O2/c1-7-6-10(12-14)8-4-2-3-5-9(8)11(7)13-15/h2-6,12,14H,1H3. The SMILES string of the molecule is Cc1cc(NO)c2ccccc2c1N=O. The number of nitrogens with zero attached hydrogens (tertiary/aromatic N) is 1. The summed E-state index contributed by atoms with van der Waals surface area (Å²) in [5.74, 6) is 0. The van der Waals surface area contributed by atoms with Gasteiger partial charge in [-0.05, 0) is 23.7 Å². The Labute approximate surface area is 86.5 Å². The van der Waals surface area contributed by atoms with Crippen molar-refractivity contribution in [2.75, 3.05) is 5.48 Å². The molecule has 0 bridgehead atoms. The molecule has 0 fully saturated rings. The van der Waals surface area contributed by atoms with Crippen molar-refractivity contribution < 1.29 is 5.21 Å². The van der Waals surface area contributed by atoms with Gasteiger partial charge >= 0.3 is 0 Å². The van der Waals surface area contributed by atoms with Crippen LogP contribution in [0.15, 0.2) is 35.5 Å². The molecule has 0 amide bonds. The van der Waals surface area contributed by atoms with E-state index in [0.717, 1.165) is 16.3 Å². The highest BCUT2D eigenvalue weighted by Crippen LogP contribution is 2.34. The van der Waals surface area contributed by atoms with E-state index in [0.29, 0.717) is 11.4 Å². The fourth-order valence-corrected chi connectivity index (χ4v) is 1.71. The second-order valence-corrected chi connectivity index (χ2v) is 3.34. The van der Waals surface area contributed by atoms with Gasteiger partial charge in [-0.3, -0.25) is 10.7 Å². The maximum absolute atomic E-state index is 10.7. The Kier molecular flexibility index (Phi) is 2.35. The summed E-state index contributed by atoms with van der Waals surface area (Å²) in [5, 5.41) is 13.5. The van der Waals surface area contributed by atoms with Gasteiger partial charge in [0.05, 0.1) is 5.69 Å². The molecule has 0 aliphatic carbocycles. The van der Waals surface area contributed by atoms with E-state index in [-0.39, 0.29) is 0 Å². The Balaban J connectivity index is 2.92. The van der Waals surface area contributed by atoms with Crippen LogP contribution in [0.4, 0.5) is 11.4 Å². The molecular weight excluding hydrogens is 192 g/mol. The monoisotopic (exact) mass is 202 g/mol. The lowest BCUT2D eigenvalue weighted by molar-refractivity contribution is 0.390. The molecule has 4 nitrogen and oxygen atoms in total. The van der Waals surface area contributed by atoms with Crippen LogP contribution in [0.25, 0.3) is 10.8 Å². The minimum absolute atomic E-state index is 0.421. The third-order valence-electron chi connectivity index (χ3n) is 2.42. The molecule has 4 heteroatoms. The van der Waals surface area contributed by atoms with E-state index in [4.69, 9.17) is 5.21 Å². The number of benzene rings is 2. The second kappa shape index (κ2) is 3.67. The molecule has 0 radical (unpaired) electrons. The van der Waals surface area contributed by atoms with E-state index < -0.39 is 0 Å². The summed E-state index contributed by atoms with van der Waals surface area (Å²) in [6, 6.07) is 8.99. The van der Waals surface area contributed by atoms with Gasteiger partial charge in [-0.15, -0.1) is 4.91 Å². The van der Waals surface area contributed by atoms with E-state index in [1.807, 2.05) is 18.2 Å². The van der Waals surface area contributed by atoms with Gasteiger partial charge in [0.2, 0.25) is 0 Å².